The van der Waals surface area contributed by atoms with E-state index in [0.717, 1.165) is 16.4 Å². The van der Waals surface area contributed by atoms with Gasteiger partial charge in [-0.1, -0.05) is 6.07 Å². The Morgan fingerprint density at radius 1 is 1.22 bits per heavy atom. The van der Waals surface area contributed by atoms with Crippen LogP contribution in [-0.2, 0) is 0 Å². The molecule has 1 aromatic carbocycles. The first-order chi connectivity index (χ1) is 8.49. The molecule has 0 unspecified atom stereocenters. The van der Waals surface area contributed by atoms with E-state index < -0.39 is 0 Å². The maximum atomic E-state index is 12.3. The minimum absolute atomic E-state index is 0.0209. The third kappa shape index (κ3) is 2.43. The summed E-state index contributed by atoms with van der Waals surface area (Å²) in [6.07, 6.45) is 0. The van der Waals surface area contributed by atoms with Crippen molar-refractivity contribution in [3.63, 3.8) is 0 Å². The third-order valence-electron chi connectivity index (χ3n) is 2.95. The summed E-state index contributed by atoms with van der Waals surface area (Å²) in [5.74, 6) is -0.0209. The highest BCUT2D eigenvalue weighted by Gasteiger charge is 2.16. The number of nitrogens with zero attached hydrogens (tertiary/aromatic N) is 2. The molecule has 0 bridgehead atoms. The molecular weight excluding hydrogens is 244 g/mol. The number of anilines is 1. The Morgan fingerprint density at radius 2 is 1.94 bits per heavy atom. The van der Waals surface area contributed by atoms with E-state index in [1.54, 1.807) is 11.9 Å². The maximum Gasteiger partial charge on any atom is 0.259 e. The van der Waals surface area contributed by atoms with Crippen molar-refractivity contribution in [3.8, 4) is 0 Å². The molecular formula is C14H16N2OS. The van der Waals surface area contributed by atoms with E-state index in [-0.39, 0.29) is 5.91 Å². The van der Waals surface area contributed by atoms with E-state index >= 15 is 0 Å². The van der Waals surface area contributed by atoms with Crippen LogP contribution in [0.5, 0.6) is 0 Å². The van der Waals surface area contributed by atoms with Crippen LogP contribution in [0, 0.1) is 20.8 Å². The summed E-state index contributed by atoms with van der Waals surface area (Å²) in [4.78, 5) is 18.2. The van der Waals surface area contributed by atoms with Crippen molar-refractivity contribution in [2.45, 2.75) is 20.8 Å². The lowest BCUT2D eigenvalue weighted by Gasteiger charge is -2.14. The van der Waals surface area contributed by atoms with Crippen LogP contribution in [0.25, 0.3) is 0 Å². The minimum Gasteiger partial charge on any atom is -0.287 e. The fraction of sp³-hybridized carbons (Fsp3) is 0.286. The number of benzene rings is 1. The van der Waals surface area contributed by atoms with Crippen molar-refractivity contribution in [2.75, 3.05) is 11.9 Å². The molecule has 0 aliphatic rings. The van der Waals surface area contributed by atoms with Crippen LogP contribution in [-0.4, -0.2) is 17.9 Å². The SMILES string of the molecule is Cc1csc(N(C)C(=O)c2ccc(C)c(C)c2)n1. The van der Waals surface area contributed by atoms with Crippen LogP contribution in [0.1, 0.15) is 27.2 Å². The van der Waals surface area contributed by atoms with Gasteiger partial charge in [0.25, 0.3) is 5.91 Å². The average Bonchev–Trinajstić information content (AvgIpc) is 2.77. The molecule has 0 aliphatic carbocycles. The summed E-state index contributed by atoms with van der Waals surface area (Å²) in [7, 11) is 1.76. The smallest absolute Gasteiger partial charge is 0.259 e. The molecule has 1 amide bonds. The second kappa shape index (κ2) is 4.90. The monoisotopic (exact) mass is 260 g/mol. The van der Waals surface area contributed by atoms with Gasteiger partial charge in [0.1, 0.15) is 0 Å². The number of hydrogen-bond acceptors (Lipinski definition) is 3. The highest BCUT2D eigenvalue weighted by molar-refractivity contribution is 7.14. The first kappa shape index (κ1) is 12.8. The zero-order valence-corrected chi connectivity index (χ0v) is 11.8. The quantitative estimate of drug-likeness (QED) is 0.829. The zero-order valence-electron chi connectivity index (χ0n) is 11.0. The van der Waals surface area contributed by atoms with E-state index in [0.29, 0.717) is 5.56 Å². The highest BCUT2D eigenvalue weighted by Crippen LogP contribution is 2.21. The number of aromatic nitrogens is 1. The second-order valence-electron chi connectivity index (χ2n) is 4.43. The van der Waals surface area contributed by atoms with Crippen LogP contribution in [0.2, 0.25) is 0 Å². The van der Waals surface area contributed by atoms with Gasteiger partial charge in [0, 0.05) is 18.0 Å². The average molecular weight is 260 g/mol. The van der Waals surface area contributed by atoms with Crippen molar-refractivity contribution in [2.24, 2.45) is 0 Å². The second-order valence-corrected chi connectivity index (χ2v) is 5.27. The van der Waals surface area contributed by atoms with Crippen molar-refractivity contribution < 1.29 is 4.79 Å². The van der Waals surface area contributed by atoms with Crippen LogP contribution in [0.15, 0.2) is 23.6 Å². The molecule has 0 saturated heterocycles. The molecule has 0 radical (unpaired) electrons. The molecule has 94 valence electrons. The highest BCUT2D eigenvalue weighted by atomic mass is 32.1. The minimum atomic E-state index is -0.0209. The van der Waals surface area contributed by atoms with Gasteiger partial charge in [-0.05, 0) is 44.0 Å². The number of carbonyl (C=O) groups excluding carboxylic acids is 1. The predicted molar refractivity (Wildman–Crippen MR) is 75.5 cm³/mol. The molecule has 0 fully saturated rings. The first-order valence-electron chi connectivity index (χ1n) is 5.76. The van der Waals surface area contributed by atoms with Gasteiger partial charge in [0.2, 0.25) is 0 Å². The van der Waals surface area contributed by atoms with Gasteiger partial charge >= 0.3 is 0 Å². The van der Waals surface area contributed by atoms with Gasteiger partial charge in [0.15, 0.2) is 5.13 Å². The fourth-order valence-electron chi connectivity index (χ4n) is 1.65. The number of aryl methyl sites for hydroxylation is 3. The molecule has 1 heterocycles. The third-order valence-corrected chi connectivity index (χ3v) is 3.99. The maximum absolute atomic E-state index is 12.3. The van der Waals surface area contributed by atoms with Gasteiger partial charge in [-0.3, -0.25) is 9.69 Å². The van der Waals surface area contributed by atoms with Crippen LogP contribution in [0.3, 0.4) is 0 Å². The van der Waals surface area contributed by atoms with E-state index in [1.165, 1.54) is 16.9 Å². The standard InChI is InChI=1S/C14H16N2OS/c1-9-5-6-12(7-10(9)2)13(17)16(4)14-15-11(3)8-18-14/h5-8H,1-4H3. The Bertz CT molecular complexity index is 589. The van der Waals surface area contributed by atoms with E-state index in [1.807, 2.05) is 44.4 Å². The van der Waals surface area contributed by atoms with Gasteiger partial charge in [-0.25, -0.2) is 4.98 Å². The molecule has 1 aromatic heterocycles. The molecule has 3 nitrogen and oxygen atoms in total. The normalized spacial score (nSPS) is 10.4. The Hall–Kier alpha value is -1.68. The number of carbonyl (C=O) groups is 1. The van der Waals surface area contributed by atoms with Gasteiger partial charge in [0.05, 0.1) is 5.69 Å². The lowest BCUT2D eigenvalue weighted by Crippen LogP contribution is -2.26. The summed E-state index contributed by atoms with van der Waals surface area (Å²) in [6.45, 7) is 5.98. The summed E-state index contributed by atoms with van der Waals surface area (Å²) in [5, 5.41) is 2.68. The number of thiazole rings is 1. The van der Waals surface area contributed by atoms with Crippen molar-refractivity contribution in [1.29, 1.82) is 0 Å². The molecule has 0 N–H and O–H groups in total. The Kier molecular flexibility index (Phi) is 3.48. The van der Waals surface area contributed by atoms with E-state index in [2.05, 4.69) is 4.98 Å². The molecule has 0 spiro atoms. The number of amides is 1. The molecule has 4 heteroatoms. The van der Waals surface area contributed by atoms with Crippen molar-refractivity contribution in [3.05, 3.63) is 46.0 Å². The largest absolute Gasteiger partial charge is 0.287 e. The van der Waals surface area contributed by atoms with E-state index in [9.17, 15) is 4.79 Å². The van der Waals surface area contributed by atoms with Crippen molar-refractivity contribution in [1.82, 2.24) is 4.98 Å². The molecule has 0 atom stereocenters. The first-order valence-corrected chi connectivity index (χ1v) is 6.64. The van der Waals surface area contributed by atoms with E-state index in [4.69, 9.17) is 0 Å². The summed E-state index contributed by atoms with van der Waals surface area (Å²) < 4.78 is 0. The van der Waals surface area contributed by atoms with Crippen LogP contribution in [0.4, 0.5) is 5.13 Å². The lowest BCUT2D eigenvalue weighted by molar-refractivity contribution is 0.0993. The van der Waals surface area contributed by atoms with Gasteiger partial charge < -0.3 is 0 Å². The van der Waals surface area contributed by atoms with Crippen LogP contribution >= 0.6 is 11.3 Å². The fourth-order valence-corrected chi connectivity index (χ4v) is 2.42. The molecule has 0 saturated carbocycles. The Morgan fingerprint density at radius 3 is 2.50 bits per heavy atom. The zero-order chi connectivity index (χ0) is 13.3. The predicted octanol–water partition coefficient (Wildman–Crippen LogP) is 3.34. The van der Waals surface area contributed by atoms with Crippen LogP contribution < -0.4 is 4.90 Å². The topological polar surface area (TPSA) is 33.2 Å². The molecule has 0 aliphatic heterocycles. The lowest BCUT2D eigenvalue weighted by atomic mass is 10.1. The molecule has 18 heavy (non-hydrogen) atoms. The number of hydrogen-bond donors (Lipinski definition) is 0. The van der Waals surface area contributed by atoms with Gasteiger partial charge in [-0.15, -0.1) is 11.3 Å². The summed E-state index contributed by atoms with van der Waals surface area (Å²) in [6, 6.07) is 5.76. The molecule has 2 rings (SSSR count). The molecule has 2 aromatic rings. The van der Waals surface area contributed by atoms with Gasteiger partial charge in [-0.2, -0.15) is 0 Å². The Balaban J connectivity index is 2.28. The summed E-state index contributed by atoms with van der Waals surface area (Å²) >= 11 is 1.48. The van der Waals surface area contributed by atoms with Crippen molar-refractivity contribution >= 4 is 22.4 Å². The number of rotatable bonds is 2. The summed E-state index contributed by atoms with van der Waals surface area (Å²) in [5.41, 5.74) is 3.96. The Labute approximate surface area is 111 Å².